The second-order valence-corrected chi connectivity index (χ2v) is 4.72. The van der Waals surface area contributed by atoms with Gasteiger partial charge in [-0.25, -0.2) is 4.98 Å². The molecule has 2 rings (SSSR count). The molecule has 4 heteroatoms. The molecule has 1 aliphatic heterocycles. The van der Waals surface area contributed by atoms with Gasteiger partial charge in [-0.15, -0.1) is 0 Å². The molecule has 1 saturated heterocycles. The zero-order valence-corrected chi connectivity index (χ0v) is 10.8. The Labute approximate surface area is 103 Å². The van der Waals surface area contributed by atoms with Crippen LogP contribution in [0.3, 0.4) is 0 Å². The Morgan fingerprint density at radius 1 is 1.47 bits per heavy atom. The molecule has 94 valence electrons. The zero-order valence-electron chi connectivity index (χ0n) is 10.8. The van der Waals surface area contributed by atoms with Crippen LogP contribution in [0, 0.1) is 0 Å². The summed E-state index contributed by atoms with van der Waals surface area (Å²) in [7, 11) is 2.12. The van der Waals surface area contributed by atoms with Crippen LogP contribution in [0.4, 0.5) is 11.5 Å². The first-order valence-corrected chi connectivity index (χ1v) is 6.37. The van der Waals surface area contributed by atoms with Gasteiger partial charge in [0.05, 0.1) is 0 Å². The summed E-state index contributed by atoms with van der Waals surface area (Å²) in [6.45, 7) is 5.76. The van der Waals surface area contributed by atoms with Crippen LogP contribution in [0.25, 0.3) is 0 Å². The fourth-order valence-electron chi connectivity index (χ4n) is 2.44. The number of hydrogen-bond acceptors (Lipinski definition) is 4. The number of hydrogen-bond donors (Lipinski definition) is 1. The molecule has 2 heterocycles. The van der Waals surface area contributed by atoms with Crippen molar-refractivity contribution in [1.82, 2.24) is 9.88 Å². The van der Waals surface area contributed by atoms with Gasteiger partial charge < -0.3 is 15.5 Å². The Morgan fingerprint density at radius 3 is 2.76 bits per heavy atom. The van der Waals surface area contributed by atoms with E-state index in [9.17, 15) is 0 Å². The minimum absolute atomic E-state index is 0.590. The van der Waals surface area contributed by atoms with Crippen LogP contribution in [0.2, 0.25) is 0 Å². The highest BCUT2D eigenvalue weighted by Crippen LogP contribution is 2.21. The highest BCUT2D eigenvalue weighted by atomic mass is 15.2. The average Bonchev–Trinajstić information content (AvgIpc) is 2.38. The third-order valence-electron chi connectivity index (χ3n) is 3.68. The predicted octanol–water partition coefficient (Wildman–Crippen LogP) is 1.58. The number of anilines is 2. The van der Waals surface area contributed by atoms with Gasteiger partial charge >= 0.3 is 0 Å². The van der Waals surface area contributed by atoms with Crippen LogP contribution in [-0.4, -0.2) is 42.6 Å². The maximum absolute atomic E-state index is 5.79. The van der Waals surface area contributed by atoms with Gasteiger partial charge in [0.25, 0.3) is 0 Å². The van der Waals surface area contributed by atoms with Crippen molar-refractivity contribution in [3.05, 3.63) is 18.3 Å². The SMILES string of the molecule is CCN1CCC(N(C)c2cc(N)ccn2)CC1. The van der Waals surface area contributed by atoms with E-state index in [4.69, 9.17) is 5.73 Å². The molecule has 4 nitrogen and oxygen atoms in total. The van der Waals surface area contributed by atoms with Crippen LogP contribution in [-0.2, 0) is 0 Å². The maximum atomic E-state index is 5.79. The Bertz CT molecular complexity index is 358. The molecule has 1 fully saturated rings. The lowest BCUT2D eigenvalue weighted by molar-refractivity contribution is 0.220. The van der Waals surface area contributed by atoms with E-state index in [1.54, 1.807) is 6.20 Å². The predicted molar refractivity (Wildman–Crippen MR) is 72.2 cm³/mol. The molecule has 0 radical (unpaired) electrons. The van der Waals surface area contributed by atoms with E-state index in [1.807, 2.05) is 12.1 Å². The molecule has 1 aromatic rings. The lowest BCUT2D eigenvalue weighted by Gasteiger charge is -2.36. The van der Waals surface area contributed by atoms with E-state index in [2.05, 4.69) is 28.8 Å². The number of pyridine rings is 1. The highest BCUT2D eigenvalue weighted by molar-refractivity contribution is 5.50. The molecule has 2 N–H and O–H groups in total. The van der Waals surface area contributed by atoms with E-state index >= 15 is 0 Å². The Hall–Kier alpha value is -1.29. The van der Waals surface area contributed by atoms with Gasteiger partial charge in [-0.3, -0.25) is 0 Å². The Balaban J connectivity index is 1.99. The highest BCUT2D eigenvalue weighted by Gasteiger charge is 2.22. The molecule has 17 heavy (non-hydrogen) atoms. The first-order valence-electron chi connectivity index (χ1n) is 6.37. The van der Waals surface area contributed by atoms with Gasteiger partial charge in [-0.05, 0) is 25.5 Å². The van der Waals surface area contributed by atoms with Crippen molar-refractivity contribution < 1.29 is 0 Å². The van der Waals surface area contributed by atoms with E-state index in [1.165, 1.54) is 25.9 Å². The second-order valence-electron chi connectivity index (χ2n) is 4.72. The molecule has 0 saturated carbocycles. The number of rotatable bonds is 3. The van der Waals surface area contributed by atoms with Crippen molar-refractivity contribution in [2.45, 2.75) is 25.8 Å². The first kappa shape index (κ1) is 12.2. The number of nitrogen functional groups attached to an aromatic ring is 1. The summed E-state index contributed by atoms with van der Waals surface area (Å²) in [6, 6.07) is 4.37. The van der Waals surface area contributed by atoms with Crippen LogP contribution in [0.15, 0.2) is 18.3 Å². The van der Waals surface area contributed by atoms with Gasteiger partial charge in [-0.2, -0.15) is 0 Å². The summed E-state index contributed by atoms with van der Waals surface area (Å²) in [4.78, 5) is 9.15. The van der Waals surface area contributed by atoms with Crippen LogP contribution in [0.5, 0.6) is 0 Å². The number of aromatic nitrogens is 1. The molecule has 0 unspecified atom stereocenters. The molecule has 0 atom stereocenters. The van der Waals surface area contributed by atoms with Gasteiger partial charge in [0, 0.05) is 44.1 Å². The standard InChI is InChI=1S/C13H22N4/c1-3-17-8-5-12(6-9-17)16(2)13-10-11(14)4-7-15-13/h4,7,10,12H,3,5-6,8-9H2,1-2H3,(H2,14,15). The van der Waals surface area contributed by atoms with Gasteiger partial charge in [0.2, 0.25) is 0 Å². The normalized spacial score (nSPS) is 18.2. The average molecular weight is 234 g/mol. The molecule has 0 spiro atoms. The van der Waals surface area contributed by atoms with Crippen LogP contribution < -0.4 is 10.6 Å². The summed E-state index contributed by atoms with van der Waals surface area (Å²) in [6.07, 6.45) is 4.20. The lowest BCUT2D eigenvalue weighted by Crippen LogP contribution is -2.43. The minimum atomic E-state index is 0.590. The van der Waals surface area contributed by atoms with Crippen molar-refractivity contribution in [2.24, 2.45) is 0 Å². The fraction of sp³-hybridized carbons (Fsp3) is 0.615. The molecule has 0 bridgehead atoms. The monoisotopic (exact) mass is 234 g/mol. The van der Waals surface area contributed by atoms with Crippen LogP contribution in [0.1, 0.15) is 19.8 Å². The number of likely N-dealkylation sites (tertiary alicyclic amines) is 1. The zero-order chi connectivity index (χ0) is 12.3. The number of piperidine rings is 1. The molecule has 1 aromatic heterocycles. The molecule has 1 aliphatic rings. The van der Waals surface area contributed by atoms with E-state index < -0.39 is 0 Å². The summed E-state index contributed by atoms with van der Waals surface area (Å²) < 4.78 is 0. The summed E-state index contributed by atoms with van der Waals surface area (Å²) in [5, 5.41) is 0. The summed E-state index contributed by atoms with van der Waals surface area (Å²) in [5.74, 6) is 0.986. The topological polar surface area (TPSA) is 45.4 Å². The van der Waals surface area contributed by atoms with E-state index in [-0.39, 0.29) is 0 Å². The first-order chi connectivity index (χ1) is 8.20. The van der Waals surface area contributed by atoms with Crippen molar-refractivity contribution in [3.8, 4) is 0 Å². The van der Waals surface area contributed by atoms with Crippen molar-refractivity contribution >= 4 is 11.5 Å². The quantitative estimate of drug-likeness (QED) is 0.862. The van der Waals surface area contributed by atoms with E-state index in [0.717, 1.165) is 18.1 Å². The molecule has 0 aromatic carbocycles. The van der Waals surface area contributed by atoms with Gasteiger partial charge in [0.1, 0.15) is 5.82 Å². The number of nitrogens with two attached hydrogens (primary N) is 1. The third-order valence-corrected chi connectivity index (χ3v) is 3.68. The van der Waals surface area contributed by atoms with Crippen molar-refractivity contribution in [2.75, 3.05) is 37.3 Å². The largest absolute Gasteiger partial charge is 0.399 e. The van der Waals surface area contributed by atoms with Crippen LogP contribution >= 0.6 is 0 Å². The van der Waals surface area contributed by atoms with E-state index in [0.29, 0.717) is 6.04 Å². The molecular formula is C13H22N4. The number of nitrogens with zero attached hydrogens (tertiary/aromatic N) is 3. The summed E-state index contributed by atoms with van der Waals surface area (Å²) >= 11 is 0. The van der Waals surface area contributed by atoms with Gasteiger partial charge in [-0.1, -0.05) is 6.92 Å². The fourth-order valence-corrected chi connectivity index (χ4v) is 2.44. The lowest BCUT2D eigenvalue weighted by atomic mass is 10.0. The smallest absolute Gasteiger partial charge is 0.130 e. The minimum Gasteiger partial charge on any atom is -0.399 e. The Kier molecular flexibility index (Phi) is 3.84. The van der Waals surface area contributed by atoms with Crippen molar-refractivity contribution in [3.63, 3.8) is 0 Å². The maximum Gasteiger partial charge on any atom is 0.130 e. The summed E-state index contributed by atoms with van der Waals surface area (Å²) in [5.41, 5.74) is 6.58. The molecule has 0 aliphatic carbocycles. The van der Waals surface area contributed by atoms with Gasteiger partial charge in [0.15, 0.2) is 0 Å². The molecular weight excluding hydrogens is 212 g/mol. The molecule has 0 amide bonds. The second kappa shape index (κ2) is 5.36. The third kappa shape index (κ3) is 2.88. The Morgan fingerprint density at radius 2 is 2.18 bits per heavy atom. The van der Waals surface area contributed by atoms with Crippen molar-refractivity contribution in [1.29, 1.82) is 0 Å².